The summed E-state index contributed by atoms with van der Waals surface area (Å²) >= 11 is 1.38. The molecule has 1 aliphatic rings. The highest BCUT2D eigenvalue weighted by atomic mass is 32.1. The normalized spacial score (nSPS) is 14.5. The standard InChI is InChI=1S/C25H26N2O2S/c28-23(18-20-11-4-5-12-22(20)27-14-6-7-15-27)21(17-19-9-2-1-3-10-19)26-25(29)24-13-8-16-30-24/h1-5,8-13,16,21H,6-7,14-15,17-18H2,(H,26,29). The fourth-order valence-electron chi connectivity index (χ4n) is 3.97. The number of carbonyl (C=O) groups excluding carboxylic acids is 2. The third-order valence-corrected chi connectivity index (χ3v) is 6.39. The van der Waals surface area contributed by atoms with Crippen molar-refractivity contribution in [2.24, 2.45) is 0 Å². The number of hydrogen-bond acceptors (Lipinski definition) is 4. The van der Waals surface area contributed by atoms with E-state index in [1.54, 1.807) is 6.07 Å². The van der Waals surface area contributed by atoms with Crippen molar-refractivity contribution in [3.05, 3.63) is 88.1 Å². The summed E-state index contributed by atoms with van der Waals surface area (Å²) in [6.45, 7) is 2.07. The van der Waals surface area contributed by atoms with Crippen LogP contribution in [0.2, 0.25) is 0 Å². The second-order valence-electron chi connectivity index (χ2n) is 7.66. The number of nitrogens with zero attached hydrogens (tertiary/aromatic N) is 1. The van der Waals surface area contributed by atoms with E-state index in [0.717, 1.165) is 29.9 Å². The Bertz CT molecular complexity index is 979. The summed E-state index contributed by atoms with van der Waals surface area (Å²) in [7, 11) is 0. The smallest absolute Gasteiger partial charge is 0.261 e. The molecule has 3 aromatic rings. The fraction of sp³-hybridized carbons (Fsp3) is 0.280. The van der Waals surface area contributed by atoms with Crippen LogP contribution in [0, 0.1) is 0 Å². The molecule has 4 rings (SSSR count). The molecular formula is C25H26N2O2S. The van der Waals surface area contributed by atoms with E-state index in [1.165, 1.54) is 24.2 Å². The molecule has 2 aromatic carbocycles. The number of anilines is 1. The van der Waals surface area contributed by atoms with Crippen LogP contribution in [0.3, 0.4) is 0 Å². The number of ketones is 1. The van der Waals surface area contributed by atoms with Crippen LogP contribution in [0.25, 0.3) is 0 Å². The molecule has 0 radical (unpaired) electrons. The summed E-state index contributed by atoms with van der Waals surface area (Å²) < 4.78 is 0. The lowest BCUT2D eigenvalue weighted by Gasteiger charge is -2.23. The van der Waals surface area contributed by atoms with Crippen LogP contribution in [0.4, 0.5) is 5.69 Å². The van der Waals surface area contributed by atoms with Gasteiger partial charge in [-0.15, -0.1) is 11.3 Å². The number of benzene rings is 2. The molecule has 1 aromatic heterocycles. The van der Waals surface area contributed by atoms with E-state index >= 15 is 0 Å². The Morgan fingerprint density at radius 2 is 1.67 bits per heavy atom. The Kier molecular flexibility index (Phi) is 6.60. The number of carbonyl (C=O) groups is 2. The third kappa shape index (κ3) is 4.97. The quantitative estimate of drug-likeness (QED) is 0.586. The lowest BCUT2D eigenvalue weighted by atomic mass is 9.96. The first-order chi connectivity index (χ1) is 14.7. The largest absolute Gasteiger partial charge is 0.371 e. The zero-order valence-electron chi connectivity index (χ0n) is 16.9. The van der Waals surface area contributed by atoms with E-state index in [0.29, 0.717) is 17.7 Å². The molecule has 1 aliphatic heterocycles. The highest BCUT2D eigenvalue weighted by molar-refractivity contribution is 7.12. The lowest BCUT2D eigenvalue weighted by molar-refractivity contribution is -0.120. The van der Waals surface area contributed by atoms with Crippen molar-refractivity contribution in [1.82, 2.24) is 5.32 Å². The maximum Gasteiger partial charge on any atom is 0.261 e. The predicted molar refractivity (Wildman–Crippen MR) is 122 cm³/mol. The fourth-order valence-corrected chi connectivity index (χ4v) is 4.60. The number of para-hydroxylation sites is 1. The van der Waals surface area contributed by atoms with Crippen LogP contribution >= 0.6 is 11.3 Å². The number of Topliss-reactive ketones (excluding diaryl/α,β-unsaturated/α-hetero) is 1. The van der Waals surface area contributed by atoms with Crippen LogP contribution in [-0.4, -0.2) is 30.8 Å². The van der Waals surface area contributed by atoms with Crippen molar-refractivity contribution in [2.45, 2.75) is 31.7 Å². The number of thiophene rings is 1. The van der Waals surface area contributed by atoms with Crippen LogP contribution in [0.5, 0.6) is 0 Å². The van der Waals surface area contributed by atoms with Crippen LogP contribution in [0.15, 0.2) is 72.1 Å². The molecule has 1 amide bonds. The molecule has 154 valence electrons. The Hall–Kier alpha value is -2.92. The summed E-state index contributed by atoms with van der Waals surface area (Å²) in [5, 5.41) is 4.86. The van der Waals surface area contributed by atoms with Gasteiger partial charge in [0.2, 0.25) is 0 Å². The first-order valence-corrected chi connectivity index (χ1v) is 11.3. The molecule has 1 saturated heterocycles. The Morgan fingerprint density at radius 1 is 0.933 bits per heavy atom. The van der Waals surface area contributed by atoms with Gasteiger partial charge in [0, 0.05) is 25.2 Å². The first kappa shape index (κ1) is 20.4. The van der Waals surface area contributed by atoms with Crippen molar-refractivity contribution in [3.8, 4) is 0 Å². The van der Waals surface area contributed by atoms with Gasteiger partial charge in [-0.1, -0.05) is 54.6 Å². The SMILES string of the molecule is O=C(NC(Cc1ccccc1)C(=O)Cc1ccccc1N1CCCC1)c1cccs1. The average molecular weight is 419 g/mol. The molecule has 4 nitrogen and oxygen atoms in total. The van der Waals surface area contributed by atoms with Gasteiger partial charge in [0.25, 0.3) is 5.91 Å². The second kappa shape index (κ2) is 9.72. The Morgan fingerprint density at radius 3 is 2.40 bits per heavy atom. The maximum atomic E-state index is 13.4. The van der Waals surface area contributed by atoms with Crippen LogP contribution in [-0.2, 0) is 17.6 Å². The van der Waals surface area contributed by atoms with Gasteiger partial charge in [-0.25, -0.2) is 0 Å². The van der Waals surface area contributed by atoms with Crippen LogP contribution in [0.1, 0.15) is 33.6 Å². The van der Waals surface area contributed by atoms with Crippen molar-refractivity contribution in [1.29, 1.82) is 0 Å². The maximum absolute atomic E-state index is 13.4. The second-order valence-corrected chi connectivity index (χ2v) is 8.61. The molecule has 1 N–H and O–H groups in total. The topological polar surface area (TPSA) is 49.4 Å². The van der Waals surface area contributed by atoms with Gasteiger partial charge in [-0.2, -0.15) is 0 Å². The Balaban J connectivity index is 1.54. The monoisotopic (exact) mass is 418 g/mol. The summed E-state index contributed by atoms with van der Waals surface area (Å²) in [4.78, 5) is 29.0. The van der Waals surface area contributed by atoms with E-state index in [9.17, 15) is 9.59 Å². The van der Waals surface area contributed by atoms with E-state index in [1.807, 2.05) is 60.0 Å². The highest BCUT2D eigenvalue weighted by Gasteiger charge is 2.24. The molecule has 0 bridgehead atoms. The molecule has 0 spiro atoms. The molecule has 0 saturated carbocycles. The van der Waals surface area contributed by atoms with Crippen molar-refractivity contribution >= 4 is 28.7 Å². The Labute approximate surface area is 181 Å². The molecule has 0 aliphatic carbocycles. The van der Waals surface area contributed by atoms with Gasteiger partial charge in [0.05, 0.1) is 10.9 Å². The molecule has 2 heterocycles. The minimum absolute atomic E-state index is 0.0374. The van der Waals surface area contributed by atoms with E-state index in [4.69, 9.17) is 0 Å². The highest BCUT2D eigenvalue weighted by Crippen LogP contribution is 2.25. The molecule has 1 atom stereocenters. The number of rotatable bonds is 8. The zero-order valence-corrected chi connectivity index (χ0v) is 17.7. The zero-order chi connectivity index (χ0) is 20.8. The minimum atomic E-state index is -0.561. The third-order valence-electron chi connectivity index (χ3n) is 5.52. The van der Waals surface area contributed by atoms with Gasteiger partial charge < -0.3 is 10.2 Å². The van der Waals surface area contributed by atoms with Gasteiger partial charge in [-0.05, 0) is 47.9 Å². The van der Waals surface area contributed by atoms with E-state index < -0.39 is 6.04 Å². The van der Waals surface area contributed by atoms with Gasteiger partial charge in [0.1, 0.15) is 0 Å². The van der Waals surface area contributed by atoms with E-state index in [2.05, 4.69) is 16.3 Å². The van der Waals surface area contributed by atoms with Gasteiger partial charge >= 0.3 is 0 Å². The van der Waals surface area contributed by atoms with E-state index in [-0.39, 0.29) is 11.7 Å². The molecular weight excluding hydrogens is 392 g/mol. The summed E-state index contributed by atoms with van der Waals surface area (Å²) in [6, 6.07) is 21.1. The van der Waals surface area contributed by atoms with Crippen molar-refractivity contribution in [3.63, 3.8) is 0 Å². The number of hydrogen-bond donors (Lipinski definition) is 1. The lowest BCUT2D eigenvalue weighted by Crippen LogP contribution is -2.43. The van der Waals surface area contributed by atoms with Crippen molar-refractivity contribution < 1.29 is 9.59 Å². The first-order valence-electron chi connectivity index (χ1n) is 10.4. The number of amides is 1. The summed E-state index contributed by atoms with van der Waals surface area (Å²) in [5.74, 6) is -0.150. The van der Waals surface area contributed by atoms with Gasteiger partial charge in [-0.3, -0.25) is 9.59 Å². The molecule has 1 fully saturated rings. The predicted octanol–water partition coefficient (Wildman–Crippen LogP) is 4.50. The summed E-state index contributed by atoms with van der Waals surface area (Å²) in [6.07, 6.45) is 3.18. The summed E-state index contributed by atoms with van der Waals surface area (Å²) in [5.41, 5.74) is 3.22. The van der Waals surface area contributed by atoms with Crippen molar-refractivity contribution in [2.75, 3.05) is 18.0 Å². The number of nitrogens with one attached hydrogen (secondary N) is 1. The molecule has 5 heteroatoms. The van der Waals surface area contributed by atoms with Crippen LogP contribution < -0.4 is 10.2 Å². The minimum Gasteiger partial charge on any atom is -0.371 e. The molecule has 1 unspecified atom stereocenters. The van der Waals surface area contributed by atoms with Gasteiger partial charge in [0.15, 0.2) is 5.78 Å². The molecule has 30 heavy (non-hydrogen) atoms. The average Bonchev–Trinajstić information content (AvgIpc) is 3.49.